The number of aliphatic hydroxyl groups excluding tert-OH is 2. The maximum atomic E-state index is 9.33. The molecule has 4 heteroatoms. The normalized spacial score (nSPS) is 34.1. The van der Waals surface area contributed by atoms with E-state index in [1.165, 1.54) is 0 Å². The summed E-state index contributed by atoms with van der Waals surface area (Å²) in [6, 6.07) is 0. The highest BCUT2D eigenvalue weighted by Gasteiger charge is 2.29. The highest BCUT2D eigenvalue weighted by Crippen LogP contribution is 2.19. The Morgan fingerprint density at radius 2 is 2.31 bits per heavy atom. The topological polar surface area (TPSA) is 58.9 Å². The molecule has 74 valence electrons. The second-order valence-corrected chi connectivity index (χ2v) is 2.95. The van der Waals surface area contributed by atoms with Crippen molar-refractivity contribution in [3.05, 3.63) is 0 Å². The van der Waals surface area contributed by atoms with Crippen LogP contribution in [0.5, 0.6) is 0 Å². The van der Waals surface area contributed by atoms with E-state index < -0.39 is 18.5 Å². The van der Waals surface area contributed by atoms with E-state index in [-0.39, 0.29) is 13.2 Å². The van der Waals surface area contributed by atoms with Crippen LogP contribution in [0.2, 0.25) is 0 Å². The third kappa shape index (κ3) is 2.98. The summed E-state index contributed by atoms with van der Waals surface area (Å²) in [4.78, 5) is 0. The molecule has 3 unspecified atom stereocenters. The summed E-state index contributed by atoms with van der Waals surface area (Å²) in [6.07, 6.45) is 4.65. The third-order valence-electron chi connectivity index (χ3n) is 1.99. The molecule has 0 aromatic rings. The summed E-state index contributed by atoms with van der Waals surface area (Å²) in [5.74, 6) is 2.33. The molecule has 0 aromatic heterocycles. The maximum absolute atomic E-state index is 9.33. The Bertz CT molecular complexity index is 187. The molecule has 0 radical (unpaired) electrons. The molecule has 0 bridgehead atoms. The molecule has 1 saturated heterocycles. The minimum atomic E-state index is -0.601. The first kappa shape index (κ1) is 10.5. The van der Waals surface area contributed by atoms with Crippen LogP contribution in [0.3, 0.4) is 0 Å². The van der Waals surface area contributed by atoms with Gasteiger partial charge in [-0.15, -0.1) is 6.42 Å². The Hall–Kier alpha value is -0.600. The predicted octanol–water partition coefficient (Wildman–Crippen LogP) is -0.506. The fourth-order valence-corrected chi connectivity index (χ4v) is 1.27. The molecule has 1 aliphatic heterocycles. The first-order chi connectivity index (χ1) is 6.27. The maximum Gasteiger partial charge on any atom is 0.159 e. The fourth-order valence-electron chi connectivity index (χ4n) is 1.27. The highest BCUT2D eigenvalue weighted by atomic mass is 16.7. The lowest BCUT2D eigenvalue weighted by Gasteiger charge is -2.32. The number of hydrogen-bond acceptors (Lipinski definition) is 4. The van der Waals surface area contributed by atoms with E-state index in [1.807, 2.05) is 0 Å². The van der Waals surface area contributed by atoms with Crippen molar-refractivity contribution in [2.45, 2.75) is 31.3 Å². The molecule has 3 atom stereocenters. The van der Waals surface area contributed by atoms with Gasteiger partial charge in [0.05, 0.1) is 12.7 Å². The molecule has 0 spiro atoms. The van der Waals surface area contributed by atoms with Crippen LogP contribution in [0.1, 0.15) is 12.8 Å². The molecule has 0 saturated carbocycles. The zero-order chi connectivity index (χ0) is 9.68. The van der Waals surface area contributed by atoms with Gasteiger partial charge in [0.2, 0.25) is 0 Å². The van der Waals surface area contributed by atoms with Gasteiger partial charge in [0, 0.05) is 6.42 Å². The molecular weight excluding hydrogens is 172 g/mol. The van der Waals surface area contributed by atoms with Crippen LogP contribution >= 0.6 is 0 Å². The minimum Gasteiger partial charge on any atom is -0.394 e. The predicted molar refractivity (Wildman–Crippen MR) is 45.8 cm³/mol. The minimum absolute atomic E-state index is 0.193. The van der Waals surface area contributed by atoms with Crippen molar-refractivity contribution in [2.75, 3.05) is 13.2 Å². The second kappa shape index (κ2) is 5.20. The fraction of sp³-hybridized carbons (Fsp3) is 0.778. The zero-order valence-corrected chi connectivity index (χ0v) is 7.35. The molecular formula is C9H14O4. The molecule has 4 nitrogen and oxygen atoms in total. The first-order valence-electron chi connectivity index (χ1n) is 4.27. The second-order valence-electron chi connectivity index (χ2n) is 2.95. The third-order valence-corrected chi connectivity index (χ3v) is 1.99. The van der Waals surface area contributed by atoms with Gasteiger partial charge < -0.3 is 19.7 Å². The lowest BCUT2D eigenvalue weighted by Crippen LogP contribution is -2.42. The molecule has 1 heterocycles. The first-order valence-corrected chi connectivity index (χ1v) is 4.27. The molecule has 1 rings (SSSR count). The molecule has 0 amide bonds. The highest BCUT2D eigenvalue weighted by molar-refractivity contribution is 4.83. The Morgan fingerprint density at radius 1 is 1.54 bits per heavy atom. The van der Waals surface area contributed by atoms with Crippen LogP contribution < -0.4 is 0 Å². The van der Waals surface area contributed by atoms with Crippen LogP contribution in [0.4, 0.5) is 0 Å². The molecule has 1 fully saturated rings. The summed E-state index contributed by atoms with van der Waals surface area (Å²) < 4.78 is 10.4. The Kier molecular flexibility index (Phi) is 4.19. The van der Waals surface area contributed by atoms with E-state index in [0.29, 0.717) is 12.8 Å². The summed E-state index contributed by atoms with van der Waals surface area (Å²) >= 11 is 0. The van der Waals surface area contributed by atoms with Crippen molar-refractivity contribution in [3.63, 3.8) is 0 Å². The van der Waals surface area contributed by atoms with Crippen molar-refractivity contribution in [2.24, 2.45) is 0 Å². The van der Waals surface area contributed by atoms with Gasteiger partial charge in [0.1, 0.15) is 12.7 Å². The van der Waals surface area contributed by atoms with Gasteiger partial charge in [-0.1, -0.05) is 5.92 Å². The van der Waals surface area contributed by atoms with Crippen molar-refractivity contribution >= 4 is 0 Å². The average molecular weight is 186 g/mol. The lowest BCUT2D eigenvalue weighted by atomic mass is 10.1. The van der Waals surface area contributed by atoms with Crippen LogP contribution in [0.15, 0.2) is 0 Å². The van der Waals surface area contributed by atoms with Gasteiger partial charge in [-0.3, -0.25) is 0 Å². The van der Waals surface area contributed by atoms with Gasteiger partial charge >= 0.3 is 0 Å². The average Bonchev–Trinajstić information content (AvgIpc) is 2.16. The van der Waals surface area contributed by atoms with Gasteiger partial charge in [-0.25, -0.2) is 0 Å². The number of ether oxygens (including phenoxy) is 2. The number of aliphatic hydroxyl groups is 2. The number of rotatable bonds is 3. The largest absolute Gasteiger partial charge is 0.394 e. The Labute approximate surface area is 77.5 Å². The molecule has 2 N–H and O–H groups in total. The summed E-state index contributed by atoms with van der Waals surface area (Å²) in [5.41, 5.74) is 0. The van der Waals surface area contributed by atoms with Crippen LogP contribution in [0, 0.1) is 12.3 Å². The molecule has 13 heavy (non-hydrogen) atoms. The summed E-state index contributed by atoms with van der Waals surface area (Å²) in [7, 11) is 0. The Balaban J connectivity index is 2.32. The lowest BCUT2D eigenvalue weighted by molar-refractivity contribution is -0.224. The summed E-state index contributed by atoms with van der Waals surface area (Å²) in [6.45, 7) is -0.00398. The van der Waals surface area contributed by atoms with Crippen molar-refractivity contribution in [1.29, 1.82) is 0 Å². The van der Waals surface area contributed by atoms with E-state index in [4.69, 9.17) is 21.0 Å². The van der Waals surface area contributed by atoms with Crippen molar-refractivity contribution < 1.29 is 19.7 Å². The Morgan fingerprint density at radius 3 is 2.92 bits per heavy atom. The monoisotopic (exact) mass is 186 g/mol. The standard InChI is InChI=1S/C9H14O4/c1-2-5-12-9-4-3-7(11)8(6-10)13-9/h1,7-11H,3-6H2. The van der Waals surface area contributed by atoms with Crippen LogP contribution in [0.25, 0.3) is 0 Å². The van der Waals surface area contributed by atoms with E-state index >= 15 is 0 Å². The SMILES string of the molecule is C#CCOC1CCC(O)C(CO)O1. The smallest absolute Gasteiger partial charge is 0.159 e. The van der Waals surface area contributed by atoms with Gasteiger partial charge in [-0.05, 0) is 6.42 Å². The van der Waals surface area contributed by atoms with Crippen molar-refractivity contribution in [1.82, 2.24) is 0 Å². The number of terminal acetylenes is 1. The van der Waals surface area contributed by atoms with E-state index in [9.17, 15) is 5.11 Å². The van der Waals surface area contributed by atoms with Gasteiger partial charge in [0.25, 0.3) is 0 Å². The number of hydrogen-bond donors (Lipinski definition) is 2. The quantitative estimate of drug-likeness (QED) is 0.583. The zero-order valence-electron chi connectivity index (χ0n) is 7.35. The van der Waals surface area contributed by atoms with Crippen LogP contribution in [-0.2, 0) is 9.47 Å². The van der Waals surface area contributed by atoms with Crippen molar-refractivity contribution in [3.8, 4) is 12.3 Å². The molecule has 0 aromatic carbocycles. The molecule has 1 aliphatic rings. The summed E-state index contributed by atoms with van der Waals surface area (Å²) in [5, 5.41) is 18.2. The van der Waals surface area contributed by atoms with Crippen LogP contribution in [-0.4, -0.2) is 41.9 Å². The van der Waals surface area contributed by atoms with E-state index in [1.54, 1.807) is 0 Å². The van der Waals surface area contributed by atoms with E-state index in [0.717, 1.165) is 0 Å². The van der Waals surface area contributed by atoms with Gasteiger partial charge in [0.15, 0.2) is 6.29 Å². The molecule has 0 aliphatic carbocycles. The van der Waals surface area contributed by atoms with E-state index in [2.05, 4.69) is 5.92 Å². The van der Waals surface area contributed by atoms with Gasteiger partial charge in [-0.2, -0.15) is 0 Å².